The highest BCUT2D eigenvalue weighted by Crippen LogP contribution is 2.17. The van der Waals surface area contributed by atoms with E-state index in [0.29, 0.717) is 6.42 Å². The average molecular weight is 871 g/mol. The average Bonchev–Trinajstić information content (AvgIpc) is 3.28. The van der Waals surface area contributed by atoms with E-state index in [9.17, 15) is 15.0 Å². The van der Waals surface area contributed by atoms with Gasteiger partial charge in [-0.15, -0.1) is 0 Å². The molecule has 0 aliphatic rings. The summed E-state index contributed by atoms with van der Waals surface area (Å²) >= 11 is 0. The minimum absolute atomic E-state index is 0.0726. The topological polar surface area (TPSA) is 69.6 Å². The second-order valence-electron chi connectivity index (χ2n) is 19.3. The van der Waals surface area contributed by atoms with Crippen LogP contribution in [0.1, 0.15) is 309 Å². The van der Waals surface area contributed by atoms with E-state index < -0.39 is 12.1 Å². The van der Waals surface area contributed by atoms with Crippen molar-refractivity contribution in [2.75, 3.05) is 6.61 Å². The van der Waals surface area contributed by atoms with Crippen molar-refractivity contribution in [1.29, 1.82) is 0 Å². The fourth-order valence-corrected chi connectivity index (χ4v) is 8.80. The van der Waals surface area contributed by atoms with Crippen LogP contribution < -0.4 is 5.32 Å². The van der Waals surface area contributed by atoms with Gasteiger partial charge in [-0.2, -0.15) is 0 Å². The second-order valence-corrected chi connectivity index (χ2v) is 19.3. The van der Waals surface area contributed by atoms with Gasteiger partial charge in [0.25, 0.3) is 0 Å². The molecule has 0 aromatic rings. The minimum Gasteiger partial charge on any atom is -0.394 e. The third-order valence-corrected chi connectivity index (χ3v) is 13.1. The van der Waals surface area contributed by atoms with E-state index in [1.807, 2.05) is 6.08 Å². The zero-order valence-electron chi connectivity index (χ0n) is 42.2. The van der Waals surface area contributed by atoms with Crippen molar-refractivity contribution in [3.8, 4) is 0 Å². The van der Waals surface area contributed by atoms with Gasteiger partial charge in [0.15, 0.2) is 0 Å². The van der Waals surface area contributed by atoms with Crippen molar-refractivity contribution in [2.24, 2.45) is 0 Å². The largest absolute Gasteiger partial charge is 0.394 e. The standard InChI is InChI=1S/C58H111NO3/c1-3-5-7-9-11-13-15-17-19-21-23-25-26-27-28-29-30-31-32-33-34-35-37-39-41-43-45-47-49-51-53-57(61)56(55-60)59-58(62)54-52-50-48-46-44-42-40-38-36-24-22-20-18-16-14-12-10-8-6-4-2/h35,37,43,45,51,53,56-57,60-61H,3-34,36,38-42,44,46-50,52,54-55H2,1-2H3,(H,59,62)/b37-35+,45-43+,53-51+. The van der Waals surface area contributed by atoms with Gasteiger partial charge in [-0.3, -0.25) is 4.79 Å². The van der Waals surface area contributed by atoms with Crippen molar-refractivity contribution < 1.29 is 15.0 Å². The Bertz CT molecular complexity index is 943. The lowest BCUT2D eigenvalue weighted by atomic mass is 10.0. The van der Waals surface area contributed by atoms with Gasteiger partial charge in [0.2, 0.25) is 5.91 Å². The van der Waals surface area contributed by atoms with Gasteiger partial charge >= 0.3 is 0 Å². The van der Waals surface area contributed by atoms with Crippen molar-refractivity contribution >= 4 is 5.91 Å². The Kier molecular flexibility index (Phi) is 52.7. The predicted octanol–water partition coefficient (Wildman–Crippen LogP) is 18.5. The van der Waals surface area contributed by atoms with E-state index in [-0.39, 0.29) is 12.5 Å². The first-order valence-electron chi connectivity index (χ1n) is 28.2. The summed E-state index contributed by atoms with van der Waals surface area (Å²) in [5.41, 5.74) is 0. The molecule has 0 fully saturated rings. The number of hydrogen-bond acceptors (Lipinski definition) is 3. The van der Waals surface area contributed by atoms with Gasteiger partial charge in [-0.05, 0) is 44.9 Å². The zero-order valence-corrected chi connectivity index (χ0v) is 42.2. The first kappa shape index (κ1) is 60.6. The number of rotatable bonds is 52. The molecule has 366 valence electrons. The summed E-state index contributed by atoms with van der Waals surface area (Å²) in [5.74, 6) is -0.0726. The molecule has 2 unspecified atom stereocenters. The molecule has 0 spiro atoms. The number of carbonyl (C=O) groups is 1. The van der Waals surface area contributed by atoms with Crippen LogP contribution in [0, 0.1) is 0 Å². The third-order valence-electron chi connectivity index (χ3n) is 13.1. The molecule has 62 heavy (non-hydrogen) atoms. The molecule has 0 radical (unpaired) electrons. The van der Waals surface area contributed by atoms with E-state index in [4.69, 9.17) is 0 Å². The van der Waals surface area contributed by atoms with Crippen LogP contribution in [0.15, 0.2) is 36.5 Å². The lowest BCUT2D eigenvalue weighted by Crippen LogP contribution is -2.45. The maximum atomic E-state index is 12.4. The first-order chi connectivity index (χ1) is 30.7. The molecule has 0 heterocycles. The van der Waals surface area contributed by atoms with Crippen LogP contribution >= 0.6 is 0 Å². The number of aliphatic hydroxyl groups excluding tert-OH is 2. The number of carbonyl (C=O) groups excluding carboxylic acids is 1. The van der Waals surface area contributed by atoms with E-state index >= 15 is 0 Å². The van der Waals surface area contributed by atoms with Crippen molar-refractivity contribution in [2.45, 2.75) is 321 Å². The number of nitrogens with one attached hydrogen (secondary N) is 1. The smallest absolute Gasteiger partial charge is 0.220 e. The summed E-state index contributed by atoms with van der Waals surface area (Å²) in [5, 5.41) is 23.1. The monoisotopic (exact) mass is 870 g/mol. The molecule has 4 nitrogen and oxygen atoms in total. The summed E-state index contributed by atoms with van der Waals surface area (Å²) in [4.78, 5) is 12.4. The quantitative estimate of drug-likeness (QED) is 0.0421. The van der Waals surface area contributed by atoms with Crippen LogP contribution in [0.5, 0.6) is 0 Å². The minimum atomic E-state index is -0.869. The van der Waals surface area contributed by atoms with E-state index in [1.54, 1.807) is 6.08 Å². The highest BCUT2D eigenvalue weighted by molar-refractivity contribution is 5.76. The Balaban J connectivity index is 3.53. The molecule has 0 aliphatic carbocycles. The SMILES string of the molecule is CCCCCCCCCCCCCCCCCCCCCC/C=C/CC/C=C/CC/C=C/C(O)C(CO)NC(=O)CCCCCCCCCCCCCCCCCCCCCC. The molecule has 0 aromatic carbocycles. The lowest BCUT2D eigenvalue weighted by Gasteiger charge is -2.19. The summed E-state index contributed by atoms with van der Waals surface area (Å²) in [6, 6.07) is -0.644. The van der Waals surface area contributed by atoms with Crippen molar-refractivity contribution in [3.05, 3.63) is 36.5 Å². The number of aliphatic hydroxyl groups is 2. The number of hydrogen-bond donors (Lipinski definition) is 3. The summed E-state index contributed by atoms with van der Waals surface area (Å²) < 4.78 is 0. The van der Waals surface area contributed by atoms with Crippen LogP contribution in [0.4, 0.5) is 0 Å². The van der Waals surface area contributed by atoms with Crippen molar-refractivity contribution in [1.82, 2.24) is 5.32 Å². The number of allylic oxidation sites excluding steroid dienone is 5. The highest BCUT2D eigenvalue weighted by Gasteiger charge is 2.18. The highest BCUT2D eigenvalue weighted by atomic mass is 16.3. The van der Waals surface area contributed by atoms with Gasteiger partial charge in [0.1, 0.15) is 0 Å². The van der Waals surface area contributed by atoms with Gasteiger partial charge in [-0.25, -0.2) is 0 Å². The maximum Gasteiger partial charge on any atom is 0.220 e. The molecule has 0 aliphatic heterocycles. The summed E-state index contributed by atoms with van der Waals surface area (Å²) in [6.45, 7) is 4.33. The molecule has 2 atom stereocenters. The third kappa shape index (κ3) is 49.6. The lowest BCUT2D eigenvalue weighted by molar-refractivity contribution is -0.123. The molecular formula is C58H111NO3. The first-order valence-corrected chi connectivity index (χ1v) is 28.2. The maximum absolute atomic E-state index is 12.4. The molecule has 1 amide bonds. The molecular weight excluding hydrogens is 759 g/mol. The van der Waals surface area contributed by atoms with Crippen LogP contribution in [-0.4, -0.2) is 34.9 Å². The van der Waals surface area contributed by atoms with E-state index in [1.165, 1.54) is 250 Å². The summed E-state index contributed by atoms with van der Waals surface area (Å²) in [6.07, 6.45) is 73.1. The van der Waals surface area contributed by atoms with Gasteiger partial charge in [0.05, 0.1) is 18.8 Å². The molecule has 0 rings (SSSR count). The Morgan fingerprint density at radius 3 is 0.935 bits per heavy atom. The molecule has 0 bridgehead atoms. The Hall–Kier alpha value is -1.39. The molecule has 3 N–H and O–H groups in total. The van der Waals surface area contributed by atoms with Gasteiger partial charge in [0, 0.05) is 6.42 Å². The van der Waals surface area contributed by atoms with Crippen LogP contribution in [0.2, 0.25) is 0 Å². The van der Waals surface area contributed by atoms with Crippen LogP contribution in [0.25, 0.3) is 0 Å². The number of amides is 1. The molecule has 0 saturated heterocycles. The normalized spacial score (nSPS) is 13.0. The Labute approximate surface area is 389 Å². The predicted molar refractivity (Wildman–Crippen MR) is 276 cm³/mol. The fraction of sp³-hybridized carbons (Fsp3) is 0.879. The molecule has 0 saturated carbocycles. The van der Waals surface area contributed by atoms with Gasteiger partial charge in [-0.1, -0.05) is 294 Å². The Morgan fingerprint density at radius 2 is 0.629 bits per heavy atom. The van der Waals surface area contributed by atoms with Gasteiger partial charge < -0.3 is 15.5 Å². The number of unbranched alkanes of at least 4 members (excludes halogenated alkanes) is 41. The molecule has 0 aromatic heterocycles. The summed E-state index contributed by atoms with van der Waals surface area (Å²) in [7, 11) is 0. The van der Waals surface area contributed by atoms with E-state index in [2.05, 4.69) is 43.5 Å². The van der Waals surface area contributed by atoms with Crippen LogP contribution in [-0.2, 0) is 4.79 Å². The fourth-order valence-electron chi connectivity index (χ4n) is 8.80. The van der Waals surface area contributed by atoms with Crippen LogP contribution in [0.3, 0.4) is 0 Å². The van der Waals surface area contributed by atoms with Crippen molar-refractivity contribution in [3.63, 3.8) is 0 Å². The van der Waals surface area contributed by atoms with E-state index in [0.717, 1.165) is 38.5 Å². The molecule has 4 heteroatoms. The Morgan fingerprint density at radius 1 is 0.371 bits per heavy atom. The zero-order chi connectivity index (χ0) is 44.9. The second kappa shape index (κ2) is 53.9.